The second kappa shape index (κ2) is 10.1. The van der Waals surface area contributed by atoms with E-state index in [1.165, 1.54) is 5.40 Å². The molecule has 3 heteroatoms. The van der Waals surface area contributed by atoms with Gasteiger partial charge in [0.2, 0.25) is 0 Å². The molecule has 0 aliphatic rings. The molecule has 0 aromatic heterocycles. The zero-order chi connectivity index (χ0) is 2.71. The molecule has 1 radical (unpaired) electrons. The van der Waals surface area contributed by atoms with E-state index in [-0.39, 0.29) is 20.4 Å². The van der Waals surface area contributed by atoms with Crippen molar-refractivity contribution >= 4 is 12.6 Å². The van der Waals surface area contributed by atoms with Crippen molar-refractivity contribution in [2.75, 3.05) is 0 Å². The Morgan fingerprint density at radius 3 is 1.75 bits per heavy atom. The summed E-state index contributed by atoms with van der Waals surface area (Å²) in [5, 5.41) is 8.47. The Bertz CT molecular complexity index is 29.5. The Kier molecular flexibility index (Phi) is 22.3. The maximum Gasteiger partial charge on any atom is 0 e. The fourth-order valence-electron chi connectivity index (χ4n) is 0. The summed E-state index contributed by atoms with van der Waals surface area (Å²) in [6.45, 7) is 0. The minimum absolute atomic E-state index is 0. The van der Waals surface area contributed by atoms with Gasteiger partial charge >= 0.3 is 0 Å². The third-order valence-corrected chi connectivity index (χ3v) is 0. The molecule has 0 unspecified atom stereocenters. The SMILES string of the molecule is N#C[S-].[Re]. The van der Waals surface area contributed by atoms with Crippen LogP contribution in [0.15, 0.2) is 0 Å². The van der Waals surface area contributed by atoms with E-state index in [0.717, 1.165) is 0 Å². The molecule has 0 amide bonds. The largest absolute Gasteiger partial charge is 0.696 e. The monoisotopic (exact) mass is 245 g/mol. The molecule has 0 rings (SSSR count). The maximum atomic E-state index is 7.13. The first kappa shape index (κ1) is 8.84. The summed E-state index contributed by atoms with van der Waals surface area (Å²) in [6.07, 6.45) is 0. The first-order valence-corrected chi connectivity index (χ1v) is 0.836. The summed E-state index contributed by atoms with van der Waals surface area (Å²) in [5.74, 6) is 0. The van der Waals surface area contributed by atoms with Gasteiger partial charge in [-0.1, -0.05) is 5.40 Å². The molecule has 0 aliphatic carbocycles. The summed E-state index contributed by atoms with van der Waals surface area (Å²) >= 11 is 3.70. The van der Waals surface area contributed by atoms with Crippen molar-refractivity contribution in [2.45, 2.75) is 0 Å². The third kappa shape index (κ3) is 32.2. The van der Waals surface area contributed by atoms with E-state index in [0.29, 0.717) is 0 Å². The predicted molar refractivity (Wildman–Crippen MR) is 13.0 cm³/mol. The first-order chi connectivity index (χ1) is 1.41. The van der Waals surface area contributed by atoms with Gasteiger partial charge in [0.15, 0.2) is 0 Å². The molecule has 0 bridgehead atoms. The Morgan fingerprint density at radius 2 is 1.75 bits per heavy atom. The van der Waals surface area contributed by atoms with Gasteiger partial charge in [0, 0.05) is 20.4 Å². The van der Waals surface area contributed by atoms with Crippen molar-refractivity contribution < 1.29 is 20.4 Å². The van der Waals surface area contributed by atoms with Gasteiger partial charge in [0.1, 0.15) is 0 Å². The van der Waals surface area contributed by atoms with Gasteiger partial charge < -0.3 is 12.6 Å². The van der Waals surface area contributed by atoms with E-state index in [1.807, 2.05) is 0 Å². The standard InChI is InChI=1S/CHNS.Re/c2-1-3;/h3H;/p-1. The van der Waals surface area contributed by atoms with E-state index in [2.05, 4.69) is 12.6 Å². The van der Waals surface area contributed by atoms with Crippen LogP contribution < -0.4 is 0 Å². The summed E-state index contributed by atoms with van der Waals surface area (Å²) in [4.78, 5) is 0. The molecule has 1 nitrogen and oxygen atoms in total. The minimum Gasteiger partial charge on any atom is -0.696 e. The smallest absolute Gasteiger partial charge is 0 e. The van der Waals surface area contributed by atoms with E-state index in [9.17, 15) is 0 Å². The van der Waals surface area contributed by atoms with E-state index in [1.54, 1.807) is 0 Å². The zero-order valence-corrected chi connectivity index (χ0v) is 5.27. The Labute approximate surface area is 44.1 Å². The van der Waals surface area contributed by atoms with Crippen molar-refractivity contribution in [2.24, 2.45) is 0 Å². The van der Waals surface area contributed by atoms with Crippen molar-refractivity contribution in [1.29, 1.82) is 5.26 Å². The molecule has 0 aromatic carbocycles. The molecule has 0 heterocycles. The van der Waals surface area contributed by atoms with Gasteiger partial charge in [-0.25, -0.2) is 5.26 Å². The van der Waals surface area contributed by atoms with Crippen molar-refractivity contribution in [3.63, 3.8) is 0 Å². The van der Waals surface area contributed by atoms with Crippen LogP contribution in [0.1, 0.15) is 0 Å². The van der Waals surface area contributed by atoms with Crippen LogP contribution in [0.2, 0.25) is 0 Å². The molecule has 23 valence electrons. The average molecular weight is 244 g/mol. The molecule has 0 saturated heterocycles. The summed E-state index contributed by atoms with van der Waals surface area (Å²) < 4.78 is 0. The summed E-state index contributed by atoms with van der Waals surface area (Å²) in [6, 6.07) is 0. The Hall–Kier alpha value is 0.372. The number of thiocyanates is 1. The molecule has 0 aliphatic heterocycles. The van der Waals surface area contributed by atoms with Gasteiger partial charge in [0.25, 0.3) is 0 Å². The zero-order valence-electron chi connectivity index (χ0n) is 1.73. The molecule has 0 atom stereocenters. The Balaban J connectivity index is 0. The van der Waals surface area contributed by atoms with Crippen molar-refractivity contribution in [3.05, 3.63) is 0 Å². The molecule has 0 fully saturated rings. The molecule has 0 saturated carbocycles. The van der Waals surface area contributed by atoms with E-state index < -0.39 is 0 Å². The van der Waals surface area contributed by atoms with Crippen LogP contribution in [0.25, 0.3) is 0 Å². The van der Waals surface area contributed by atoms with Crippen LogP contribution in [0.3, 0.4) is 0 Å². The summed E-state index contributed by atoms with van der Waals surface area (Å²) in [5.41, 5.74) is 0. The van der Waals surface area contributed by atoms with Gasteiger partial charge in [0.05, 0.1) is 0 Å². The number of hydrogen-bond acceptors (Lipinski definition) is 2. The van der Waals surface area contributed by atoms with Crippen LogP contribution in [0.4, 0.5) is 0 Å². The molecule has 0 aromatic rings. The van der Waals surface area contributed by atoms with E-state index in [4.69, 9.17) is 5.26 Å². The molecule has 0 spiro atoms. The predicted octanol–water partition coefficient (Wildman–Crippen LogP) is 0.0119. The number of hydrogen-bond donors (Lipinski definition) is 0. The molecular formula is CNReS-. The van der Waals surface area contributed by atoms with Crippen LogP contribution in [0.5, 0.6) is 0 Å². The fourth-order valence-corrected chi connectivity index (χ4v) is 0. The first-order valence-electron chi connectivity index (χ1n) is 0.428. The quantitative estimate of drug-likeness (QED) is 0.443. The van der Waals surface area contributed by atoms with Gasteiger partial charge in [-0.2, -0.15) is 0 Å². The maximum absolute atomic E-state index is 7.13. The van der Waals surface area contributed by atoms with Crippen LogP contribution in [0, 0.1) is 10.7 Å². The van der Waals surface area contributed by atoms with Gasteiger partial charge in [-0.05, 0) is 0 Å². The van der Waals surface area contributed by atoms with Crippen molar-refractivity contribution in [1.82, 2.24) is 0 Å². The molecular weight excluding hydrogens is 244 g/mol. The minimum atomic E-state index is 0. The second-order valence-corrected chi connectivity index (χ2v) is 0.274. The van der Waals surface area contributed by atoms with Gasteiger partial charge in [-0.15, -0.1) is 0 Å². The number of rotatable bonds is 0. The van der Waals surface area contributed by atoms with Crippen molar-refractivity contribution in [3.8, 4) is 5.40 Å². The van der Waals surface area contributed by atoms with Crippen LogP contribution >= 0.6 is 0 Å². The average Bonchev–Trinajstić information content (AvgIpc) is 0.918. The van der Waals surface area contributed by atoms with Crippen LogP contribution in [-0.2, 0) is 33.1 Å². The summed E-state index contributed by atoms with van der Waals surface area (Å²) in [7, 11) is 0. The van der Waals surface area contributed by atoms with Crippen LogP contribution in [-0.4, -0.2) is 0 Å². The normalized spacial score (nSPS) is 1.75. The topological polar surface area (TPSA) is 23.8 Å². The molecule has 0 N–H and O–H groups in total. The van der Waals surface area contributed by atoms with E-state index >= 15 is 0 Å². The second-order valence-electron chi connectivity index (χ2n) is 0.0913. The Morgan fingerprint density at radius 1 is 1.75 bits per heavy atom. The fraction of sp³-hybridized carbons (Fsp3) is 0. The number of nitriles is 1. The van der Waals surface area contributed by atoms with Gasteiger partial charge in [-0.3, -0.25) is 0 Å². The molecule has 4 heavy (non-hydrogen) atoms. The number of nitrogens with zero attached hydrogens (tertiary/aromatic N) is 1. The third-order valence-electron chi connectivity index (χ3n) is 0.